The van der Waals surface area contributed by atoms with E-state index in [1.54, 1.807) is 7.05 Å². The topological polar surface area (TPSA) is 120 Å². The molecule has 0 spiro atoms. The number of carboxylic acid groups (broad SMARTS) is 1. The van der Waals surface area contributed by atoms with E-state index in [4.69, 9.17) is 9.84 Å². The summed E-state index contributed by atoms with van der Waals surface area (Å²) < 4.78 is 6.69. The molecule has 0 unspecified atom stereocenters. The van der Waals surface area contributed by atoms with Crippen molar-refractivity contribution in [3.8, 4) is 11.6 Å². The van der Waals surface area contributed by atoms with Gasteiger partial charge in [-0.15, -0.1) is 0 Å². The molecule has 9 nitrogen and oxygen atoms in total. The van der Waals surface area contributed by atoms with Crippen LogP contribution in [0.1, 0.15) is 10.4 Å². The lowest BCUT2D eigenvalue weighted by atomic mass is 10.2. The Morgan fingerprint density at radius 3 is 2.79 bits per heavy atom. The first-order valence-corrected chi connectivity index (χ1v) is 5.01. The fourth-order valence-corrected chi connectivity index (χ4v) is 1.34. The first-order chi connectivity index (χ1) is 8.97. The third-order valence-electron chi connectivity index (χ3n) is 2.17. The number of hydrogen-bond acceptors (Lipinski definition) is 6. The van der Waals surface area contributed by atoms with Gasteiger partial charge in [0.05, 0.1) is 17.3 Å². The number of aryl methyl sites for hydroxylation is 1. The highest BCUT2D eigenvalue weighted by Gasteiger charge is 2.19. The number of nitro groups is 1. The Hall–Kier alpha value is -2.97. The van der Waals surface area contributed by atoms with Crippen LogP contribution >= 0.6 is 0 Å². The molecule has 0 aliphatic rings. The fraction of sp³-hybridized carbons (Fsp3) is 0.100. The second-order valence-electron chi connectivity index (χ2n) is 3.56. The Morgan fingerprint density at radius 2 is 2.26 bits per heavy atom. The number of rotatable bonds is 4. The maximum atomic E-state index is 11.0. The Kier molecular flexibility index (Phi) is 3.10. The SMILES string of the molecule is Cn1cc(Oc2ncc([N+](=O)[O-])cc2C(=O)O)cn1. The summed E-state index contributed by atoms with van der Waals surface area (Å²) in [6, 6.07) is 0.890. The van der Waals surface area contributed by atoms with Crippen LogP contribution in [0, 0.1) is 10.1 Å². The molecule has 2 aromatic rings. The molecule has 0 bridgehead atoms. The number of ether oxygens (including phenoxy) is 1. The van der Waals surface area contributed by atoms with Gasteiger partial charge in [0, 0.05) is 13.1 Å². The van der Waals surface area contributed by atoms with E-state index >= 15 is 0 Å². The summed E-state index contributed by atoms with van der Waals surface area (Å²) in [6.07, 6.45) is 3.81. The largest absolute Gasteiger partial charge is 0.477 e. The Balaban J connectivity index is 2.39. The fourth-order valence-electron chi connectivity index (χ4n) is 1.34. The van der Waals surface area contributed by atoms with Gasteiger partial charge in [-0.25, -0.2) is 9.78 Å². The number of hydrogen-bond donors (Lipinski definition) is 1. The summed E-state index contributed by atoms with van der Waals surface area (Å²) in [4.78, 5) is 24.5. The monoisotopic (exact) mass is 264 g/mol. The standard InChI is InChI=1S/C10H8N4O5/c1-13-5-7(4-12-13)19-9-8(10(15)16)2-6(3-11-9)14(17)18/h2-5H,1H3,(H,15,16). The molecular formula is C10H8N4O5. The minimum Gasteiger partial charge on any atom is -0.477 e. The van der Waals surface area contributed by atoms with E-state index in [0.717, 1.165) is 12.3 Å². The van der Waals surface area contributed by atoms with Crippen molar-refractivity contribution in [2.75, 3.05) is 0 Å². The Bertz CT molecular complexity index is 651. The summed E-state index contributed by atoms with van der Waals surface area (Å²) >= 11 is 0. The van der Waals surface area contributed by atoms with Crippen LogP contribution < -0.4 is 4.74 Å². The average molecular weight is 264 g/mol. The molecule has 1 N–H and O–H groups in total. The highest BCUT2D eigenvalue weighted by Crippen LogP contribution is 2.25. The molecule has 0 atom stereocenters. The van der Waals surface area contributed by atoms with Gasteiger partial charge < -0.3 is 9.84 Å². The number of aromatic carboxylic acids is 1. The van der Waals surface area contributed by atoms with Crippen molar-refractivity contribution in [1.29, 1.82) is 0 Å². The zero-order valence-corrected chi connectivity index (χ0v) is 9.68. The van der Waals surface area contributed by atoms with Gasteiger partial charge in [0.15, 0.2) is 5.75 Å². The normalized spacial score (nSPS) is 10.2. The molecule has 0 aliphatic heterocycles. The highest BCUT2D eigenvalue weighted by atomic mass is 16.6. The van der Waals surface area contributed by atoms with Gasteiger partial charge in [0.1, 0.15) is 11.8 Å². The van der Waals surface area contributed by atoms with Gasteiger partial charge in [-0.05, 0) is 0 Å². The molecule has 19 heavy (non-hydrogen) atoms. The van der Waals surface area contributed by atoms with Crippen molar-refractivity contribution in [3.05, 3.63) is 40.3 Å². The number of aromatic nitrogens is 3. The molecule has 0 saturated heterocycles. The predicted molar refractivity (Wildman–Crippen MR) is 61.1 cm³/mol. The third-order valence-corrected chi connectivity index (χ3v) is 2.17. The quantitative estimate of drug-likeness (QED) is 0.650. The van der Waals surface area contributed by atoms with Crippen LogP contribution in [0.2, 0.25) is 0 Å². The van der Waals surface area contributed by atoms with Crippen LogP contribution in [0.4, 0.5) is 5.69 Å². The van der Waals surface area contributed by atoms with Crippen LogP contribution in [0.3, 0.4) is 0 Å². The van der Waals surface area contributed by atoms with Crippen LogP contribution in [0.5, 0.6) is 11.6 Å². The minimum atomic E-state index is -1.37. The number of pyridine rings is 1. The number of carboxylic acids is 1. The predicted octanol–water partition coefficient (Wildman–Crippen LogP) is 1.21. The molecular weight excluding hydrogens is 256 g/mol. The molecule has 0 saturated carbocycles. The van der Waals surface area contributed by atoms with Gasteiger partial charge in [-0.3, -0.25) is 14.8 Å². The van der Waals surface area contributed by atoms with Crippen LogP contribution in [-0.4, -0.2) is 30.8 Å². The molecule has 0 radical (unpaired) electrons. The molecule has 2 rings (SSSR count). The number of nitrogens with zero attached hydrogens (tertiary/aromatic N) is 4. The number of carbonyl (C=O) groups is 1. The van der Waals surface area contributed by atoms with Gasteiger partial charge in [0.2, 0.25) is 5.88 Å². The average Bonchev–Trinajstić information content (AvgIpc) is 2.74. The molecule has 0 aromatic carbocycles. The Morgan fingerprint density at radius 1 is 1.53 bits per heavy atom. The van der Waals surface area contributed by atoms with E-state index in [0.29, 0.717) is 0 Å². The summed E-state index contributed by atoms with van der Waals surface area (Å²) in [6.45, 7) is 0. The molecule has 9 heteroatoms. The molecule has 0 amide bonds. The zero-order valence-electron chi connectivity index (χ0n) is 9.68. The van der Waals surface area contributed by atoms with E-state index in [9.17, 15) is 14.9 Å². The first kappa shape index (κ1) is 12.5. The molecule has 0 aliphatic carbocycles. The van der Waals surface area contributed by atoms with Crippen molar-refractivity contribution < 1.29 is 19.6 Å². The van der Waals surface area contributed by atoms with Gasteiger partial charge in [0.25, 0.3) is 5.69 Å². The van der Waals surface area contributed by atoms with E-state index in [1.165, 1.54) is 17.1 Å². The maximum absolute atomic E-state index is 11.0. The van der Waals surface area contributed by atoms with Crippen molar-refractivity contribution in [2.24, 2.45) is 7.05 Å². The molecule has 2 aromatic heterocycles. The summed E-state index contributed by atoms with van der Waals surface area (Å²) in [5.74, 6) is -1.31. The van der Waals surface area contributed by atoms with Crippen molar-refractivity contribution >= 4 is 11.7 Å². The van der Waals surface area contributed by atoms with Crippen molar-refractivity contribution in [2.45, 2.75) is 0 Å². The summed E-state index contributed by atoms with van der Waals surface area (Å²) in [5, 5.41) is 23.4. The highest BCUT2D eigenvalue weighted by molar-refractivity contribution is 5.91. The second kappa shape index (κ2) is 4.72. The van der Waals surface area contributed by atoms with Crippen LogP contribution in [-0.2, 0) is 7.05 Å². The van der Waals surface area contributed by atoms with Crippen molar-refractivity contribution in [3.63, 3.8) is 0 Å². The molecule has 98 valence electrons. The summed E-state index contributed by atoms with van der Waals surface area (Å²) in [5.41, 5.74) is -0.811. The third kappa shape index (κ3) is 2.65. The lowest BCUT2D eigenvalue weighted by molar-refractivity contribution is -0.385. The Labute approximate surface area is 106 Å². The van der Waals surface area contributed by atoms with Crippen LogP contribution in [0.15, 0.2) is 24.7 Å². The molecule has 2 heterocycles. The van der Waals surface area contributed by atoms with Gasteiger partial charge in [-0.2, -0.15) is 5.10 Å². The van der Waals surface area contributed by atoms with E-state index in [-0.39, 0.29) is 11.6 Å². The minimum absolute atomic E-state index is 0.230. The smallest absolute Gasteiger partial charge is 0.341 e. The summed E-state index contributed by atoms with van der Waals surface area (Å²) in [7, 11) is 1.66. The lowest BCUT2D eigenvalue weighted by Gasteiger charge is -2.04. The van der Waals surface area contributed by atoms with Gasteiger partial charge >= 0.3 is 5.97 Å². The van der Waals surface area contributed by atoms with Crippen molar-refractivity contribution in [1.82, 2.24) is 14.8 Å². The molecule has 0 fully saturated rings. The zero-order chi connectivity index (χ0) is 14.0. The lowest BCUT2D eigenvalue weighted by Crippen LogP contribution is -2.03. The second-order valence-corrected chi connectivity index (χ2v) is 3.56. The van der Waals surface area contributed by atoms with E-state index < -0.39 is 22.1 Å². The van der Waals surface area contributed by atoms with Gasteiger partial charge in [-0.1, -0.05) is 0 Å². The maximum Gasteiger partial charge on any atom is 0.341 e. The van der Waals surface area contributed by atoms with E-state index in [1.807, 2.05) is 0 Å². The first-order valence-electron chi connectivity index (χ1n) is 5.01. The van der Waals surface area contributed by atoms with Crippen LogP contribution in [0.25, 0.3) is 0 Å². The van der Waals surface area contributed by atoms with E-state index in [2.05, 4.69) is 10.1 Å².